The number of aryl methyl sites for hydroxylation is 1. The Bertz CT molecular complexity index is 957. The number of carbonyl (C=O) groups is 1. The highest BCUT2D eigenvalue weighted by molar-refractivity contribution is 6.14. The van der Waals surface area contributed by atoms with Crippen molar-refractivity contribution in [2.24, 2.45) is 0 Å². The van der Waals surface area contributed by atoms with Gasteiger partial charge in [-0.2, -0.15) is 5.26 Å². The fourth-order valence-corrected chi connectivity index (χ4v) is 2.14. The summed E-state index contributed by atoms with van der Waals surface area (Å²) in [6, 6.07) is 11.1. The molecule has 8 nitrogen and oxygen atoms in total. The molecule has 0 aliphatic heterocycles. The quantitative estimate of drug-likeness (QED) is 0.269. The summed E-state index contributed by atoms with van der Waals surface area (Å²) in [4.78, 5) is 33.0. The average Bonchev–Trinajstić information content (AvgIpc) is 2.60. The summed E-state index contributed by atoms with van der Waals surface area (Å²) >= 11 is 0. The summed E-state index contributed by atoms with van der Waals surface area (Å²) in [7, 11) is 0. The molecule has 25 heavy (non-hydrogen) atoms. The number of carbonyl (C=O) groups excluding carboxylic acids is 1. The van der Waals surface area contributed by atoms with Crippen LogP contribution >= 0.6 is 0 Å². The molecule has 0 saturated heterocycles. The number of Topliss-reactive ketones (excluding diaryl/α,β-unsaturated/α-hetero) is 1. The lowest BCUT2D eigenvalue weighted by atomic mass is 10.0. The number of non-ortho nitro benzene ring substituents is 1. The van der Waals surface area contributed by atoms with Crippen molar-refractivity contribution in [3.05, 3.63) is 85.0 Å². The number of ketones is 1. The molecule has 0 radical (unpaired) electrons. The molecule has 0 aliphatic carbocycles. The first-order valence-electron chi connectivity index (χ1n) is 6.99. The van der Waals surface area contributed by atoms with Crippen molar-refractivity contribution in [2.75, 3.05) is 0 Å². The van der Waals surface area contributed by atoms with E-state index in [2.05, 4.69) is 0 Å². The van der Waals surface area contributed by atoms with Gasteiger partial charge in [0.1, 0.15) is 11.6 Å². The second kappa shape index (κ2) is 7.14. The predicted octanol–water partition coefficient (Wildman–Crippen LogP) is 3.60. The van der Waals surface area contributed by atoms with Gasteiger partial charge in [-0.1, -0.05) is 24.3 Å². The molecule has 8 heteroatoms. The van der Waals surface area contributed by atoms with Crippen LogP contribution in [-0.2, 0) is 0 Å². The van der Waals surface area contributed by atoms with E-state index in [1.54, 1.807) is 19.1 Å². The van der Waals surface area contributed by atoms with Crippen molar-refractivity contribution in [2.45, 2.75) is 6.92 Å². The molecule has 0 heterocycles. The van der Waals surface area contributed by atoms with E-state index in [9.17, 15) is 30.3 Å². The zero-order chi connectivity index (χ0) is 18.6. The van der Waals surface area contributed by atoms with Crippen LogP contribution in [0, 0.1) is 38.5 Å². The third-order valence-electron chi connectivity index (χ3n) is 3.43. The normalized spacial score (nSPS) is 10.8. The van der Waals surface area contributed by atoms with Gasteiger partial charge in [0.05, 0.1) is 9.85 Å². The van der Waals surface area contributed by atoms with Gasteiger partial charge in [-0.15, -0.1) is 0 Å². The highest BCUT2D eigenvalue weighted by atomic mass is 16.6. The Morgan fingerprint density at radius 2 is 1.84 bits per heavy atom. The van der Waals surface area contributed by atoms with Crippen molar-refractivity contribution in [1.82, 2.24) is 0 Å². The molecule has 0 N–H and O–H groups in total. The van der Waals surface area contributed by atoms with Crippen molar-refractivity contribution >= 4 is 23.2 Å². The molecule has 2 aromatic rings. The van der Waals surface area contributed by atoms with E-state index in [0.717, 1.165) is 6.07 Å². The van der Waals surface area contributed by atoms with Crippen LogP contribution in [-0.4, -0.2) is 15.6 Å². The van der Waals surface area contributed by atoms with Gasteiger partial charge < -0.3 is 0 Å². The van der Waals surface area contributed by atoms with Gasteiger partial charge in [-0.3, -0.25) is 25.0 Å². The molecule has 2 aromatic carbocycles. The zero-order valence-corrected chi connectivity index (χ0v) is 13.0. The monoisotopic (exact) mass is 337 g/mol. The molecule has 0 aromatic heterocycles. The third kappa shape index (κ3) is 3.92. The fraction of sp³-hybridized carbons (Fsp3) is 0.0588. The summed E-state index contributed by atoms with van der Waals surface area (Å²) in [5, 5.41) is 31.0. The number of benzene rings is 2. The molecule has 2 rings (SSSR count). The second-order valence-electron chi connectivity index (χ2n) is 5.11. The van der Waals surface area contributed by atoms with Crippen LogP contribution in [0.1, 0.15) is 21.5 Å². The first-order valence-corrected chi connectivity index (χ1v) is 6.99. The van der Waals surface area contributed by atoms with Crippen LogP contribution in [0.2, 0.25) is 0 Å². The molecular weight excluding hydrogens is 326 g/mol. The number of nitro groups is 2. The van der Waals surface area contributed by atoms with Crippen molar-refractivity contribution in [3.8, 4) is 6.07 Å². The maximum Gasteiger partial charge on any atom is 0.272 e. The number of allylic oxidation sites excluding steroid dienone is 1. The van der Waals surface area contributed by atoms with Crippen molar-refractivity contribution in [3.63, 3.8) is 0 Å². The van der Waals surface area contributed by atoms with Crippen LogP contribution in [0.15, 0.2) is 48.0 Å². The molecular formula is C17H11N3O5. The van der Waals surface area contributed by atoms with Crippen molar-refractivity contribution in [1.29, 1.82) is 5.26 Å². The lowest BCUT2D eigenvalue weighted by Gasteiger charge is -2.02. The largest absolute Gasteiger partial charge is 0.288 e. The van der Waals surface area contributed by atoms with E-state index in [1.807, 2.05) is 0 Å². The predicted molar refractivity (Wildman–Crippen MR) is 88.9 cm³/mol. The number of nitrogens with zero attached hydrogens (tertiary/aromatic N) is 3. The number of nitriles is 1. The molecule has 0 aliphatic rings. The minimum absolute atomic E-state index is 0.0105. The highest BCUT2D eigenvalue weighted by Gasteiger charge is 2.17. The lowest BCUT2D eigenvalue weighted by molar-refractivity contribution is -0.385. The second-order valence-corrected chi connectivity index (χ2v) is 5.11. The molecule has 0 atom stereocenters. The topological polar surface area (TPSA) is 127 Å². The fourth-order valence-electron chi connectivity index (χ4n) is 2.14. The summed E-state index contributed by atoms with van der Waals surface area (Å²) in [5.74, 6) is -0.700. The number of hydrogen-bond acceptors (Lipinski definition) is 6. The Labute approximate surface area is 141 Å². The van der Waals surface area contributed by atoms with Gasteiger partial charge in [0, 0.05) is 29.3 Å². The summed E-state index contributed by atoms with van der Waals surface area (Å²) < 4.78 is 0. The van der Waals surface area contributed by atoms with Crippen LogP contribution in [0.5, 0.6) is 0 Å². The van der Waals surface area contributed by atoms with Crippen molar-refractivity contribution < 1.29 is 14.6 Å². The standard InChI is InChI=1S/C17H11N3O5/c1-11-5-6-12(8-16(11)20(24)25)7-14(10-18)17(21)13-3-2-4-15(9-13)19(22)23/h2-9H,1H3/b14-7-. The number of nitro benzene ring substituents is 2. The molecule has 0 saturated carbocycles. The molecule has 0 amide bonds. The van der Waals surface area contributed by atoms with Gasteiger partial charge in [-0.25, -0.2) is 0 Å². The smallest absolute Gasteiger partial charge is 0.272 e. The average molecular weight is 337 g/mol. The van der Waals surface area contributed by atoms with E-state index in [1.165, 1.54) is 36.4 Å². The third-order valence-corrected chi connectivity index (χ3v) is 3.43. The first-order chi connectivity index (χ1) is 11.8. The van der Waals surface area contributed by atoms with Crippen LogP contribution < -0.4 is 0 Å². The maximum atomic E-state index is 12.4. The minimum atomic E-state index is -0.700. The van der Waals surface area contributed by atoms with E-state index in [4.69, 9.17) is 0 Å². The minimum Gasteiger partial charge on any atom is -0.288 e. The Kier molecular flexibility index (Phi) is 5.00. The first kappa shape index (κ1) is 17.5. The van der Waals surface area contributed by atoms with Gasteiger partial charge in [-0.05, 0) is 18.6 Å². The van der Waals surface area contributed by atoms with E-state index >= 15 is 0 Å². The zero-order valence-electron chi connectivity index (χ0n) is 13.0. The Hall–Kier alpha value is -3.86. The SMILES string of the molecule is Cc1ccc(/C=C(/C#N)C(=O)c2cccc([N+](=O)[O-])c2)cc1[N+](=O)[O-]. The van der Waals surface area contributed by atoms with Crippen LogP contribution in [0.3, 0.4) is 0 Å². The Balaban J connectivity index is 2.44. The number of hydrogen-bond donors (Lipinski definition) is 0. The van der Waals surface area contributed by atoms with Crippen LogP contribution in [0.4, 0.5) is 11.4 Å². The molecule has 0 fully saturated rings. The summed E-state index contributed by atoms with van der Waals surface area (Å²) in [6.07, 6.45) is 1.22. The van der Waals surface area contributed by atoms with Gasteiger partial charge in [0.15, 0.2) is 0 Å². The van der Waals surface area contributed by atoms with E-state index in [0.29, 0.717) is 11.1 Å². The molecule has 0 bridgehead atoms. The summed E-state index contributed by atoms with van der Waals surface area (Å²) in [5.41, 5.74) is 0.0727. The lowest BCUT2D eigenvalue weighted by Crippen LogP contribution is -2.03. The maximum absolute atomic E-state index is 12.4. The summed E-state index contributed by atoms with van der Waals surface area (Å²) in [6.45, 7) is 1.57. The highest BCUT2D eigenvalue weighted by Crippen LogP contribution is 2.22. The van der Waals surface area contributed by atoms with E-state index < -0.39 is 15.6 Å². The van der Waals surface area contributed by atoms with Gasteiger partial charge in [0.2, 0.25) is 5.78 Å². The van der Waals surface area contributed by atoms with Gasteiger partial charge in [0.25, 0.3) is 11.4 Å². The molecule has 124 valence electrons. The van der Waals surface area contributed by atoms with Gasteiger partial charge >= 0.3 is 0 Å². The molecule has 0 unspecified atom stereocenters. The van der Waals surface area contributed by atoms with Crippen LogP contribution in [0.25, 0.3) is 6.08 Å². The Morgan fingerprint density at radius 1 is 1.12 bits per heavy atom. The number of rotatable bonds is 5. The Morgan fingerprint density at radius 3 is 2.44 bits per heavy atom. The van der Waals surface area contributed by atoms with E-state index in [-0.39, 0.29) is 22.5 Å². The molecule has 0 spiro atoms.